The third kappa shape index (κ3) is 3.60. The summed E-state index contributed by atoms with van der Waals surface area (Å²) in [6.07, 6.45) is 2.64. The third-order valence-corrected chi connectivity index (χ3v) is 2.78. The zero-order valence-corrected chi connectivity index (χ0v) is 10.7. The first-order valence-corrected chi connectivity index (χ1v) is 5.96. The highest BCUT2D eigenvalue weighted by Gasteiger charge is 2.07. The molecule has 3 nitrogen and oxygen atoms in total. The Kier molecular flexibility index (Phi) is 4.23. The van der Waals surface area contributed by atoms with E-state index in [1.54, 1.807) is 0 Å². The summed E-state index contributed by atoms with van der Waals surface area (Å²) in [6, 6.07) is 8.57. The molecular weight excluding hydrogens is 278 g/mol. The number of ketones is 1. The van der Waals surface area contributed by atoms with Gasteiger partial charge in [-0.05, 0) is 35.4 Å². The first-order valence-electron chi connectivity index (χ1n) is 5.96. The molecule has 0 saturated heterocycles. The molecular formula is C16H9F2O3-. The average molecular weight is 287 g/mol. The molecule has 2 aromatic carbocycles. The summed E-state index contributed by atoms with van der Waals surface area (Å²) in [6.45, 7) is 0. The Bertz CT molecular complexity index is 719. The molecule has 0 unspecified atom stereocenters. The minimum Gasteiger partial charge on any atom is -0.545 e. The number of halogens is 2. The molecule has 0 fully saturated rings. The van der Waals surface area contributed by atoms with Crippen molar-refractivity contribution >= 4 is 17.8 Å². The number of aromatic carboxylic acids is 1. The molecule has 0 N–H and O–H groups in total. The van der Waals surface area contributed by atoms with E-state index >= 15 is 0 Å². The normalized spacial score (nSPS) is 10.8. The molecule has 0 spiro atoms. The lowest BCUT2D eigenvalue weighted by atomic mass is 10.1. The van der Waals surface area contributed by atoms with Gasteiger partial charge in [0.2, 0.25) is 0 Å². The lowest BCUT2D eigenvalue weighted by Gasteiger charge is -2.01. The smallest absolute Gasteiger partial charge is 0.185 e. The topological polar surface area (TPSA) is 57.2 Å². The number of carboxylic acid groups (broad SMARTS) is 1. The Morgan fingerprint density at radius 2 is 1.52 bits per heavy atom. The molecule has 0 heterocycles. The number of benzene rings is 2. The van der Waals surface area contributed by atoms with Crippen molar-refractivity contribution in [2.24, 2.45) is 0 Å². The molecule has 0 bridgehead atoms. The van der Waals surface area contributed by atoms with E-state index in [9.17, 15) is 23.5 Å². The lowest BCUT2D eigenvalue weighted by molar-refractivity contribution is -0.255. The predicted octanol–water partition coefficient (Wildman–Crippen LogP) is 2.22. The van der Waals surface area contributed by atoms with E-state index in [-0.39, 0.29) is 11.1 Å². The van der Waals surface area contributed by atoms with Crippen LogP contribution in [0.1, 0.15) is 26.3 Å². The molecule has 0 aromatic heterocycles. The molecule has 0 saturated carbocycles. The highest BCUT2D eigenvalue weighted by Crippen LogP contribution is 2.11. The van der Waals surface area contributed by atoms with Crippen LogP contribution in [0.3, 0.4) is 0 Å². The SMILES string of the molecule is O=C([O-])c1ccc(/C=C/C(=O)c2ccc(F)c(F)c2)cc1. The van der Waals surface area contributed by atoms with Crippen LogP contribution in [-0.2, 0) is 0 Å². The van der Waals surface area contributed by atoms with Gasteiger partial charge in [0, 0.05) is 5.56 Å². The number of carbonyl (C=O) groups is 2. The van der Waals surface area contributed by atoms with Crippen molar-refractivity contribution < 1.29 is 23.5 Å². The highest BCUT2D eigenvalue weighted by molar-refractivity contribution is 6.06. The van der Waals surface area contributed by atoms with Crippen LogP contribution in [0.2, 0.25) is 0 Å². The molecule has 0 aliphatic heterocycles. The lowest BCUT2D eigenvalue weighted by Crippen LogP contribution is -2.21. The molecule has 0 amide bonds. The summed E-state index contributed by atoms with van der Waals surface area (Å²) in [5.74, 6) is -3.89. The minimum absolute atomic E-state index is 0.0245. The van der Waals surface area contributed by atoms with E-state index in [0.29, 0.717) is 5.56 Å². The molecule has 0 radical (unpaired) electrons. The first kappa shape index (κ1) is 14.6. The van der Waals surface area contributed by atoms with Gasteiger partial charge in [0.05, 0.1) is 5.97 Å². The van der Waals surface area contributed by atoms with Gasteiger partial charge in [0.25, 0.3) is 0 Å². The van der Waals surface area contributed by atoms with E-state index in [4.69, 9.17) is 0 Å². The summed E-state index contributed by atoms with van der Waals surface area (Å²) < 4.78 is 25.8. The Morgan fingerprint density at radius 3 is 2.10 bits per heavy atom. The largest absolute Gasteiger partial charge is 0.545 e. The molecule has 0 aliphatic carbocycles. The molecule has 21 heavy (non-hydrogen) atoms. The molecule has 2 aromatic rings. The van der Waals surface area contributed by atoms with Gasteiger partial charge in [-0.3, -0.25) is 4.79 Å². The fourth-order valence-corrected chi connectivity index (χ4v) is 1.65. The van der Waals surface area contributed by atoms with Gasteiger partial charge < -0.3 is 9.90 Å². The van der Waals surface area contributed by atoms with E-state index in [2.05, 4.69) is 0 Å². The zero-order chi connectivity index (χ0) is 15.4. The fraction of sp³-hybridized carbons (Fsp3) is 0. The van der Waals surface area contributed by atoms with Gasteiger partial charge in [0.1, 0.15) is 0 Å². The van der Waals surface area contributed by atoms with Gasteiger partial charge >= 0.3 is 0 Å². The molecule has 0 aliphatic rings. The van der Waals surface area contributed by atoms with Crippen LogP contribution in [0, 0.1) is 11.6 Å². The van der Waals surface area contributed by atoms with Gasteiger partial charge in [-0.1, -0.05) is 30.3 Å². The van der Waals surface area contributed by atoms with E-state index in [1.807, 2.05) is 0 Å². The summed E-state index contributed by atoms with van der Waals surface area (Å²) in [5, 5.41) is 10.6. The average Bonchev–Trinajstić information content (AvgIpc) is 2.48. The van der Waals surface area contributed by atoms with Gasteiger partial charge in [-0.25, -0.2) is 8.78 Å². The van der Waals surface area contributed by atoms with Gasteiger partial charge in [-0.2, -0.15) is 0 Å². The Balaban J connectivity index is 2.14. The van der Waals surface area contributed by atoms with Crippen LogP contribution < -0.4 is 5.11 Å². The number of carbonyl (C=O) groups excluding carboxylic acids is 2. The quantitative estimate of drug-likeness (QED) is 0.640. The van der Waals surface area contributed by atoms with Crippen molar-refractivity contribution in [3.63, 3.8) is 0 Å². The van der Waals surface area contributed by atoms with E-state index < -0.39 is 23.4 Å². The van der Waals surface area contributed by atoms with E-state index in [1.165, 1.54) is 42.5 Å². The standard InChI is InChI=1S/C16H10F2O3/c17-13-7-6-12(9-14(13)18)15(19)8-3-10-1-4-11(5-2-10)16(20)21/h1-9H,(H,20,21)/p-1/b8-3+. The Hall–Kier alpha value is -2.82. The highest BCUT2D eigenvalue weighted by atomic mass is 19.2. The van der Waals surface area contributed by atoms with Gasteiger partial charge in [0.15, 0.2) is 17.4 Å². The summed E-state index contributed by atoms with van der Waals surface area (Å²) >= 11 is 0. The van der Waals surface area contributed by atoms with Crippen LogP contribution in [0.25, 0.3) is 6.08 Å². The summed E-state index contributed by atoms with van der Waals surface area (Å²) in [5.41, 5.74) is 0.645. The van der Waals surface area contributed by atoms with E-state index in [0.717, 1.165) is 12.1 Å². The van der Waals surface area contributed by atoms with Crippen LogP contribution in [-0.4, -0.2) is 11.8 Å². The number of carboxylic acids is 1. The van der Waals surface area contributed by atoms with Crippen molar-refractivity contribution in [1.29, 1.82) is 0 Å². The summed E-state index contributed by atoms with van der Waals surface area (Å²) in [4.78, 5) is 22.4. The van der Waals surface area contributed by atoms with Crippen molar-refractivity contribution in [1.82, 2.24) is 0 Å². The zero-order valence-electron chi connectivity index (χ0n) is 10.7. The Morgan fingerprint density at radius 1 is 0.905 bits per heavy atom. The maximum Gasteiger partial charge on any atom is 0.185 e. The molecule has 5 heteroatoms. The monoisotopic (exact) mass is 287 g/mol. The minimum atomic E-state index is -1.29. The second-order valence-corrected chi connectivity index (χ2v) is 4.24. The second kappa shape index (κ2) is 6.09. The van der Waals surface area contributed by atoms with Crippen LogP contribution in [0.5, 0.6) is 0 Å². The molecule has 106 valence electrons. The van der Waals surface area contributed by atoms with Crippen molar-refractivity contribution in [2.45, 2.75) is 0 Å². The maximum atomic E-state index is 13.0. The second-order valence-electron chi connectivity index (χ2n) is 4.24. The third-order valence-electron chi connectivity index (χ3n) is 2.78. The van der Waals surface area contributed by atoms with Gasteiger partial charge in [-0.15, -0.1) is 0 Å². The van der Waals surface area contributed by atoms with Crippen LogP contribution >= 0.6 is 0 Å². The number of rotatable bonds is 4. The molecule has 2 rings (SSSR count). The van der Waals surface area contributed by atoms with Crippen molar-refractivity contribution in [3.05, 3.63) is 76.9 Å². The molecule has 0 atom stereocenters. The van der Waals surface area contributed by atoms with Crippen LogP contribution in [0.15, 0.2) is 48.5 Å². The number of allylic oxidation sites excluding steroid dienone is 1. The predicted molar refractivity (Wildman–Crippen MR) is 70.5 cm³/mol. The number of hydrogen-bond acceptors (Lipinski definition) is 3. The fourth-order valence-electron chi connectivity index (χ4n) is 1.65. The van der Waals surface area contributed by atoms with Crippen molar-refractivity contribution in [3.8, 4) is 0 Å². The first-order chi connectivity index (χ1) is 9.97. The Labute approximate surface area is 119 Å². The van der Waals surface area contributed by atoms with Crippen LogP contribution in [0.4, 0.5) is 8.78 Å². The summed E-state index contributed by atoms with van der Waals surface area (Å²) in [7, 11) is 0. The van der Waals surface area contributed by atoms with Crippen molar-refractivity contribution in [2.75, 3.05) is 0 Å². The maximum absolute atomic E-state index is 13.0. The number of hydrogen-bond donors (Lipinski definition) is 0.